The minimum atomic E-state index is -4.64. The van der Waals surface area contributed by atoms with E-state index in [9.17, 15) is 22.4 Å². The number of amides is 1. The van der Waals surface area contributed by atoms with Crippen molar-refractivity contribution in [2.75, 3.05) is 0 Å². The summed E-state index contributed by atoms with van der Waals surface area (Å²) >= 11 is 17.5. The van der Waals surface area contributed by atoms with E-state index in [0.29, 0.717) is 16.1 Å². The molecule has 1 aliphatic rings. The summed E-state index contributed by atoms with van der Waals surface area (Å²) in [6.45, 7) is 0.246. The molecule has 0 saturated heterocycles. The van der Waals surface area contributed by atoms with Gasteiger partial charge in [0.15, 0.2) is 5.82 Å². The first kappa shape index (κ1) is 22.9. The van der Waals surface area contributed by atoms with Crippen LogP contribution in [0.5, 0.6) is 0 Å². The lowest BCUT2D eigenvalue weighted by Gasteiger charge is -2.18. The zero-order chi connectivity index (χ0) is 22.1. The van der Waals surface area contributed by atoms with Crippen LogP contribution in [0, 0.1) is 11.7 Å². The molecule has 1 fully saturated rings. The molecule has 2 nitrogen and oxygen atoms in total. The van der Waals surface area contributed by atoms with Gasteiger partial charge < -0.3 is 5.32 Å². The summed E-state index contributed by atoms with van der Waals surface area (Å²) in [5, 5.41) is 2.14. The van der Waals surface area contributed by atoms with Crippen LogP contribution in [0.15, 0.2) is 36.4 Å². The maximum absolute atomic E-state index is 13.6. The Bertz CT molecular complexity index is 964. The van der Waals surface area contributed by atoms with Crippen molar-refractivity contribution >= 4 is 46.8 Å². The Balaban J connectivity index is 1.78. The molecule has 1 N–H and O–H groups in total. The second-order valence-corrected chi connectivity index (χ2v) is 8.24. The van der Waals surface area contributed by atoms with Gasteiger partial charge in [0.1, 0.15) is 0 Å². The van der Waals surface area contributed by atoms with E-state index in [1.807, 2.05) is 0 Å². The summed E-state index contributed by atoms with van der Waals surface area (Å²) in [5.41, 5.74) is 0.818. The van der Waals surface area contributed by atoms with Crippen LogP contribution in [0.25, 0.3) is 6.08 Å². The highest BCUT2D eigenvalue weighted by molar-refractivity contribution is 6.35. The summed E-state index contributed by atoms with van der Waals surface area (Å²) < 4.78 is 54.3. The molecule has 0 spiro atoms. The number of hydrogen-bond acceptors (Lipinski definition) is 1. The minimum Gasteiger partial charge on any atom is -0.352 e. The van der Waals surface area contributed by atoms with Crippen LogP contribution in [-0.2, 0) is 11.3 Å². The van der Waals surface area contributed by atoms with E-state index in [2.05, 4.69) is 5.32 Å². The lowest BCUT2D eigenvalue weighted by atomic mass is 9.97. The van der Waals surface area contributed by atoms with Gasteiger partial charge in [0, 0.05) is 17.5 Å². The quantitative estimate of drug-likeness (QED) is 0.345. The Morgan fingerprint density at radius 3 is 2.27 bits per heavy atom. The topological polar surface area (TPSA) is 29.1 Å². The van der Waals surface area contributed by atoms with Crippen molar-refractivity contribution in [2.45, 2.75) is 31.5 Å². The Morgan fingerprint density at radius 1 is 1.10 bits per heavy atom. The maximum Gasteiger partial charge on any atom is 0.399 e. The number of halogens is 7. The number of carbonyl (C=O) groups excluding carboxylic acids is 1. The number of rotatable bonds is 6. The van der Waals surface area contributed by atoms with E-state index in [1.165, 1.54) is 12.1 Å². The van der Waals surface area contributed by atoms with Gasteiger partial charge in [-0.15, -0.1) is 0 Å². The van der Waals surface area contributed by atoms with Gasteiger partial charge in [-0.2, -0.15) is 13.2 Å². The van der Waals surface area contributed by atoms with Crippen molar-refractivity contribution in [3.05, 3.63) is 74.0 Å². The number of alkyl halides is 3. The van der Waals surface area contributed by atoms with Gasteiger partial charge in [0.05, 0.1) is 16.0 Å². The van der Waals surface area contributed by atoms with E-state index in [4.69, 9.17) is 34.8 Å². The van der Waals surface area contributed by atoms with Crippen molar-refractivity contribution in [1.29, 1.82) is 0 Å². The molecule has 9 heteroatoms. The largest absolute Gasteiger partial charge is 0.399 e. The smallest absolute Gasteiger partial charge is 0.352 e. The Labute approximate surface area is 185 Å². The van der Waals surface area contributed by atoms with Gasteiger partial charge in [0.25, 0.3) is 0 Å². The maximum atomic E-state index is 13.6. The van der Waals surface area contributed by atoms with Crippen LogP contribution < -0.4 is 5.32 Å². The SMILES string of the molecule is O=C(NCc1ccc(C=CC(c2cc(Cl)c(F)c(Cl)c2)C(F)(F)F)cc1Cl)C1CC1. The monoisotopic (exact) mass is 479 g/mol. The average molecular weight is 481 g/mol. The molecule has 160 valence electrons. The molecule has 0 radical (unpaired) electrons. The molecule has 3 rings (SSSR count). The molecule has 30 heavy (non-hydrogen) atoms. The minimum absolute atomic E-state index is 0.0281. The molecule has 0 aromatic heterocycles. The third-order valence-corrected chi connectivity index (χ3v) is 5.58. The third kappa shape index (κ3) is 5.68. The zero-order valence-corrected chi connectivity index (χ0v) is 17.6. The number of allylic oxidation sites excluding steroid dienone is 1. The molecule has 0 heterocycles. The number of hydrogen-bond donors (Lipinski definition) is 1. The predicted octanol–water partition coefficient (Wildman–Crippen LogP) is 7.17. The summed E-state index contributed by atoms with van der Waals surface area (Å²) in [4.78, 5) is 11.7. The van der Waals surface area contributed by atoms with E-state index in [-0.39, 0.29) is 23.9 Å². The Hall–Kier alpha value is -1.76. The predicted molar refractivity (Wildman–Crippen MR) is 110 cm³/mol. The lowest BCUT2D eigenvalue weighted by Crippen LogP contribution is -2.24. The fourth-order valence-corrected chi connectivity index (χ4v) is 3.61. The van der Waals surface area contributed by atoms with Crippen molar-refractivity contribution in [2.24, 2.45) is 5.92 Å². The molecule has 1 unspecified atom stereocenters. The molecule has 1 aliphatic carbocycles. The zero-order valence-electron chi connectivity index (χ0n) is 15.4. The summed E-state index contributed by atoms with van der Waals surface area (Å²) in [7, 11) is 0. The first-order chi connectivity index (χ1) is 14.1. The van der Waals surface area contributed by atoms with E-state index in [1.54, 1.807) is 12.1 Å². The van der Waals surface area contributed by atoms with E-state index >= 15 is 0 Å². The van der Waals surface area contributed by atoms with Crippen LogP contribution in [0.4, 0.5) is 17.6 Å². The lowest BCUT2D eigenvalue weighted by molar-refractivity contribution is -0.139. The van der Waals surface area contributed by atoms with Crippen LogP contribution in [-0.4, -0.2) is 12.1 Å². The standard InChI is InChI=1S/C21H16Cl3F4NO/c22-16-7-11(1-3-13(16)10-29-20(30)12-4-5-12)2-6-15(21(26,27)28)14-8-17(23)19(25)18(24)9-14/h1-3,6-9,12,15H,4-5,10H2,(H,29,30). The van der Waals surface area contributed by atoms with Gasteiger partial charge in [-0.1, -0.05) is 59.1 Å². The van der Waals surface area contributed by atoms with Gasteiger partial charge in [-0.3, -0.25) is 4.79 Å². The molecule has 1 amide bonds. The summed E-state index contributed by atoms with van der Waals surface area (Å²) in [6, 6.07) is 6.56. The highest BCUT2D eigenvalue weighted by atomic mass is 35.5. The van der Waals surface area contributed by atoms with Gasteiger partial charge in [-0.25, -0.2) is 4.39 Å². The highest BCUT2D eigenvalue weighted by Crippen LogP contribution is 2.39. The van der Waals surface area contributed by atoms with Crippen LogP contribution in [0.2, 0.25) is 15.1 Å². The average Bonchev–Trinajstić information content (AvgIpc) is 3.49. The Kier molecular flexibility index (Phi) is 7.00. The van der Waals surface area contributed by atoms with Gasteiger partial charge >= 0.3 is 6.18 Å². The van der Waals surface area contributed by atoms with Crippen molar-refractivity contribution < 1.29 is 22.4 Å². The molecule has 0 aliphatic heterocycles. The molecule has 2 aromatic carbocycles. The van der Waals surface area contributed by atoms with E-state index in [0.717, 1.165) is 31.1 Å². The van der Waals surface area contributed by atoms with Crippen LogP contribution >= 0.6 is 34.8 Å². The third-order valence-electron chi connectivity index (χ3n) is 4.68. The fraction of sp³-hybridized carbons (Fsp3) is 0.286. The first-order valence-electron chi connectivity index (χ1n) is 9.01. The summed E-state index contributed by atoms with van der Waals surface area (Å²) in [6.07, 6.45) is -0.679. The molecule has 1 atom stereocenters. The van der Waals surface area contributed by atoms with E-state index < -0.39 is 28.0 Å². The second kappa shape index (κ2) is 9.16. The Morgan fingerprint density at radius 2 is 1.73 bits per heavy atom. The fourth-order valence-electron chi connectivity index (χ4n) is 2.85. The molecular weight excluding hydrogens is 465 g/mol. The number of nitrogens with one attached hydrogen (secondary N) is 1. The molecule has 2 aromatic rings. The highest BCUT2D eigenvalue weighted by Gasteiger charge is 2.39. The number of carbonyl (C=O) groups is 1. The van der Waals surface area contributed by atoms with Gasteiger partial charge in [-0.05, 0) is 47.7 Å². The van der Waals surface area contributed by atoms with Crippen molar-refractivity contribution in [1.82, 2.24) is 5.32 Å². The molecule has 1 saturated carbocycles. The van der Waals surface area contributed by atoms with Crippen LogP contribution in [0.1, 0.15) is 35.4 Å². The second-order valence-electron chi connectivity index (χ2n) is 7.02. The molecule has 0 bridgehead atoms. The summed E-state index contributed by atoms with van der Waals surface area (Å²) in [5.74, 6) is -2.97. The normalized spacial score (nSPS) is 15.4. The number of benzene rings is 2. The first-order valence-corrected chi connectivity index (χ1v) is 10.1. The van der Waals surface area contributed by atoms with Crippen LogP contribution in [0.3, 0.4) is 0 Å². The molecular formula is C21H16Cl3F4NO. The van der Waals surface area contributed by atoms with Crippen molar-refractivity contribution in [3.8, 4) is 0 Å². The van der Waals surface area contributed by atoms with Gasteiger partial charge in [0.2, 0.25) is 5.91 Å². The van der Waals surface area contributed by atoms with Crippen molar-refractivity contribution in [3.63, 3.8) is 0 Å².